The van der Waals surface area contributed by atoms with Crippen molar-refractivity contribution in [1.82, 2.24) is 19.9 Å². The molecule has 0 saturated heterocycles. The fourth-order valence-electron chi connectivity index (χ4n) is 1.81. The maximum atomic E-state index is 5.51. The van der Waals surface area contributed by atoms with Crippen LogP contribution in [0.15, 0.2) is 101 Å². The van der Waals surface area contributed by atoms with Gasteiger partial charge in [-0.25, -0.2) is 15.0 Å². The highest BCUT2D eigenvalue weighted by molar-refractivity contribution is 7.07. The lowest BCUT2D eigenvalue weighted by atomic mass is 10.2. The monoisotopic (exact) mass is 392 g/mol. The van der Waals surface area contributed by atoms with E-state index in [1.165, 1.54) is 12.7 Å². The first-order chi connectivity index (χ1) is 13.8. The number of benzene rings is 1. The average Bonchev–Trinajstić information content (AvgIpc) is 3.47. The van der Waals surface area contributed by atoms with E-state index in [1.807, 2.05) is 53.9 Å². The molecule has 4 heterocycles. The number of nitrogens with two attached hydrogens (primary N) is 2. The Kier molecular flexibility index (Phi) is 9.20. The number of oxazole rings is 1. The molecule has 0 unspecified atom stereocenters. The Labute approximate surface area is 166 Å². The quantitative estimate of drug-likeness (QED) is 0.403. The highest BCUT2D eigenvalue weighted by Crippen LogP contribution is 2.11. The van der Waals surface area contributed by atoms with E-state index in [1.54, 1.807) is 41.5 Å². The van der Waals surface area contributed by atoms with Gasteiger partial charge in [0.1, 0.15) is 17.9 Å². The Morgan fingerprint density at radius 1 is 0.786 bits per heavy atom. The van der Waals surface area contributed by atoms with E-state index in [0.717, 1.165) is 10.9 Å². The van der Waals surface area contributed by atoms with Gasteiger partial charge in [-0.3, -0.25) is 4.98 Å². The number of hydrogen-bond acceptors (Lipinski definition) is 8. The van der Waals surface area contributed by atoms with Gasteiger partial charge in [-0.1, -0.05) is 24.3 Å². The van der Waals surface area contributed by atoms with Gasteiger partial charge in [-0.2, -0.15) is 0 Å². The number of pyridine rings is 2. The molecule has 5 rings (SSSR count). The van der Waals surface area contributed by atoms with Crippen LogP contribution in [-0.2, 0) is 0 Å². The minimum Gasteiger partial charge on any atom is -0.452 e. The second-order valence-electron chi connectivity index (χ2n) is 5.03. The van der Waals surface area contributed by atoms with Gasteiger partial charge in [0.25, 0.3) is 0 Å². The highest BCUT2D eigenvalue weighted by atomic mass is 32.1. The summed E-state index contributed by atoms with van der Waals surface area (Å²) in [6, 6.07) is 17.1. The predicted molar refractivity (Wildman–Crippen MR) is 113 cm³/mol. The van der Waals surface area contributed by atoms with E-state index in [4.69, 9.17) is 11.5 Å². The number of thiazole rings is 1. The molecule has 0 aliphatic rings. The molecule has 0 spiro atoms. The standard InChI is InChI=1S/C9H8N2.C5H6N2.C3H3NO.C3H3NS/c10-9-6-5-7-3-1-2-4-8(7)11-9;6-5-3-1-2-4-7-5;2*1-2-5-3-4-1/h1-6H,(H2,10,11);1-4H,(H2,6,7);2*1-3H. The number of nitrogens with zero attached hydrogens (tertiary/aromatic N) is 4. The largest absolute Gasteiger partial charge is 0.452 e. The van der Waals surface area contributed by atoms with Gasteiger partial charge in [0.05, 0.1) is 17.2 Å². The predicted octanol–water partition coefficient (Wildman–Crippen LogP) is 4.30. The van der Waals surface area contributed by atoms with Crippen molar-refractivity contribution < 1.29 is 4.42 Å². The van der Waals surface area contributed by atoms with Crippen molar-refractivity contribution >= 4 is 33.9 Å². The summed E-state index contributed by atoms with van der Waals surface area (Å²) in [6.07, 6.45) is 7.90. The topological polar surface area (TPSA) is 117 Å². The molecule has 0 atom stereocenters. The van der Waals surface area contributed by atoms with Crippen LogP contribution >= 0.6 is 11.3 Å². The second-order valence-corrected chi connectivity index (χ2v) is 5.79. The van der Waals surface area contributed by atoms with Crippen LogP contribution in [0.2, 0.25) is 0 Å². The van der Waals surface area contributed by atoms with E-state index in [0.29, 0.717) is 11.6 Å². The molecule has 0 fully saturated rings. The number of para-hydroxylation sites is 1. The van der Waals surface area contributed by atoms with Gasteiger partial charge in [-0.05, 0) is 30.3 Å². The summed E-state index contributed by atoms with van der Waals surface area (Å²) in [7, 11) is 0. The Balaban J connectivity index is 0.000000142. The van der Waals surface area contributed by atoms with Crippen LogP contribution in [0.4, 0.5) is 11.6 Å². The number of fused-ring (bicyclic) bond motifs is 1. The van der Waals surface area contributed by atoms with Gasteiger partial charge in [0.15, 0.2) is 6.39 Å². The Morgan fingerprint density at radius 2 is 1.64 bits per heavy atom. The maximum Gasteiger partial charge on any atom is 0.180 e. The zero-order valence-electron chi connectivity index (χ0n) is 15.0. The first-order valence-corrected chi connectivity index (χ1v) is 9.12. The molecular weight excluding hydrogens is 372 g/mol. The summed E-state index contributed by atoms with van der Waals surface area (Å²) >= 11 is 1.60. The van der Waals surface area contributed by atoms with E-state index < -0.39 is 0 Å². The zero-order valence-corrected chi connectivity index (χ0v) is 15.8. The van der Waals surface area contributed by atoms with E-state index in [-0.39, 0.29) is 0 Å². The van der Waals surface area contributed by atoms with Gasteiger partial charge >= 0.3 is 0 Å². The summed E-state index contributed by atoms with van der Waals surface area (Å²) in [5, 5.41) is 3.06. The first kappa shape index (κ1) is 20.5. The molecule has 0 bridgehead atoms. The van der Waals surface area contributed by atoms with Crippen LogP contribution in [0.3, 0.4) is 0 Å². The van der Waals surface area contributed by atoms with Crippen LogP contribution in [0, 0.1) is 0 Å². The Bertz CT molecular complexity index is 931. The van der Waals surface area contributed by atoms with Crippen molar-refractivity contribution in [3.05, 3.63) is 96.7 Å². The molecule has 8 heteroatoms. The smallest absolute Gasteiger partial charge is 0.180 e. The molecule has 0 saturated carbocycles. The fraction of sp³-hybridized carbons (Fsp3) is 0. The minimum atomic E-state index is 0.572. The van der Waals surface area contributed by atoms with Gasteiger partial charge in [-0.15, -0.1) is 11.3 Å². The number of anilines is 2. The third kappa shape index (κ3) is 8.54. The molecule has 4 aromatic heterocycles. The summed E-state index contributed by atoms with van der Waals surface area (Å²) < 4.78 is 4.47. The lowest BCUT2D eigenvalue weighted by molar-refractivity contribution is 0.558. The molecule has 1 aromatic carbocycles. The summed E-state index contributed by atoms with van der Waals surface area (Å²) in [4.78, 5) is 15.2. The molecule has 0 radical (unpaired) electrons. The summed E-state index contributed by atoms with van der Waals surface area (Å²) in [5.41, 5.74) is 13.5. The van der Waals surface area contributed by atoms with Gasteiger partial charge < -0.3 is 15.9 Å². The highest BCUT2D eigenvalue weighted by Gasteiger charge is 1.91. The molecule has 0 aliphatic heterocycles. The summed E-state index contributed by atoms with van der Waals surface area (Å²) in [5.74, 6) is 1.14. The van der Waals surface area contributed by atoms with Crippen LogP contribution < -0.4 is 11.5 Å². The van der Waals surface area contributed by atoms with Crippen molar-refractivity contribution in [2.24, 2.45) is 0 Å². The molecule has 0 amide bonds. The minimum absolute atomic E-state index is 0.572. The summed E-state index contributed by atoms with van der Waals surface area (Å²) in [6.45, 7) is 0. The molecule has 7 nitrogen and oxygen atoms in total. The third-order valence-electron chi connectivity index (χ3n) is 3.00. The number of aromatic nitrogens is 4. The normalized spacial score (nSPS) is 9.00. The number of nitrogen functional groups attached to an aromatic ring is 2. The number of hydrogen-bond donors (Lipinski definition) is 2. The van der Waals surface area contributed by atoms with Gasteiger partial charge in [0, 0.05) is 23.2 Å². The molecule has 4 N–H and O–H groups in total. The second kappa shape index (κ2) is 12.6. The van der Waals surface area contributed by atoms with Crippen LogP contribution in [-0.4, -0.2) is 19.9 Å². The molecule has 28 heavy (non-hydrogen) atoms. The van der Waals surface area contributed by atoms with E-state index in [9.17, 15) is 0 Å². The zero-order chi connectivity index (χ0) is 19.9. The lowest BCUT2D eigenvalue weighted by Gasteiger charge is -1.95. The molecular formula is C20H20N6OS. The van der Waals surface area contributed by atoms with Crippen molar-refractivity contribution in [3.8, 4) is 0 Å². The first-order valence-electron chi connectivity index (χ1n) is 8.18. The van der Waals surface area contributed by atoms with Crippen molar-refractivity contribution in [2.45, 2.75) is 0 Å². The molecule has 0 aliphatic carbocycles. The van der Waals surface area contributed by atoms with Crippen LogP contribution in [0.1, 0.15) is 0 Å². The van der Waals surface area contributed by atoms with Crippen molar-refractivity contribution in [3.63, 3.8) is 0 Å². The maximum absolute atomic E-state index is 5.51. The SMILES string of the molecule is Nc1ccc2ccccc2n1.Nc1ccccn1.c1cocn1.c1cscn1. The van der Waals surface area contributed by atoms with Crippen molar-refractivity contribution in [1.29, 1.82) is 0 Å². The lowest BCUT2D eigenvalue weighted by Crippen LogP contribution is -1.88. The van der Waals surface area contributed by atoms with Crippen molar-refractivity contribution in [2.75, 3.05) is 11.5 Å². The van der Waals surface area contributed by atoms with E-state index in [2.05, 4.69) is 24.4 Å². The third-order valence-corrected chi connectivity index (χ3v) is 3.52. The number of rotatable bonds is 0. The van der Waals surface area contributed by atoms with Gasteiger partial charge in [0.2, 0.25) is 0 Å². The van der Waals surface area contributed by atoms with E-state index >= 15 is 0 Å². The average molecular weight is 392 g/mol. The van der Waals surface area contributed by atoms with Crippen LogP contribution in [0.25, 0.3) is 10.9 Å². The Hall–Kier alpha value is -3.78. The Morgan fingerprint density at radius 3 is 2.14 bits per heavy atom. The fourth-order valence-corrected chi connectivity index (χ4v) is 2.16. The molecule has 5 aromatic rings. The van der Waals surface area contributed by atoms with Crippen LogP contribution in [0.5, 0.6) is 0 Å². The molecule has 142 valence electrons.